The SMILES string of the molecule is CCc1oc([C@@]2(C)CCCc3sc(N)c(C#N)c32)nc1-c1ccnc(O[C@@H](C)[C@@H]2CCCN2)n1. The Labute approximate surface area is 203 Å². The highest BCUT2D eigenvalue weighted by molar-refractivity contribution is 7.16. The first-order valence-corrected chi connectivity index (χ1v) is 12.8. The van der Waals surface area contributed by atoms with Crippen LogP contribution in [0.15, 0.2) is 16.7 Å². The summed E-state index contributed by atoms with van der Waals surface area (Å²) in [5, 5.41) is 13.8. The highest BCUT2D eigenvalue weighted by Gasteiger charge is 2.43. The number of nitrogen functional groups attached to an aromatic ring is 1. The summed E-state index contributed by atoms with van der Waals surface area (Å²) in [6, 6.07) is 4.81. The molecule has 1 fully saturated rings. The zero-order valence-electron chi connectivity index (χ0n) is 19.9. The van der Waals surface area contributed by atoms with Crippen LogP contribution in [0.5, 0.6) is 6.01 Å². The average Bonchev–Trinajstić information content (AvgIpc) is 3.58. The number of nitrogens with zero attached hydrogens (tertiary/aromatic N) is 4. The van der Waals surface area contributed by atoms with Crippen LogP contribution in [-0.2, 0) is 18.3 Å². The van der Waals surface area contributed by atoms with Crippen LogP contribution in [0, 0.1) is 11.3 Å². The van der Waals surface area contributed by atoms with Crippen LogP contribution in [0.4, 0.5) is 5.00 Å². The number of hydrogen-bond donors (Lipinski definition) is 2. The number of anilines is 1. The highest BCUT2D eigenvalue weighted by Crippen LogP contribution is 2.49. The van der Waals surface area contributed by atoms with Gasteiger partial charge in [-0.25, -0.2) is 9.97 Å². The Balaban J connectivity index is 1.51. The molecule has 9 heteroatoms. The van der Waals surface area contributed by atoms with Gasteiger partial charge in [0, 0.05) is 29.1 Å². The third kappa shape index (κ3) is 3.85. The number of ether oxygens (including phenoxy) is 1. The van der Waals surface area contributed by atoms with E-state index in [1.54, 1.807) is 6.20 Å². The number of aromatic nitrogens is 3. The molecule has 0 saturated carbocycles. The molecule has 3 aromatic heterocycles. The van der Waals surface area contributed by atoms with E-state index in [2.05, 4.69) is 28.3 Å². The molecule has 0 aromatic carbocycles. The summed E-state index contributed by atoms with van der Waals surface area (Å²) < 4.78 is 12.4. The number of oxazole rings is 1. The van der Waals surface area contributed by atoms with Crippen LogP contribution < -0.4 is 15.8 Å². The van der Waals surface area contributed by atoms with Gasteiger partial charge in [-0.3, -0.25) is 0 Å². The smallest absolute Gasteiger partial charge is 0.317 e. The van der Waals surface area contributed by atoms with Crippen molar-refractivity contribution < 1.29 is 9.15 Å². The molecule has 1 aliphatic heterocycles. The van der Waals surface area contributed by atoms with E-state index < -0.39 is 5.41 Å². The van der Waals surface area contributed by atoms with Crippen LogP contribution >= 0.6 is 11.3 Å². The van der Waals surface area contributed by atoms with Crippen LogP contribution in [0.3, 0.4) is 0 Å². The lowest BCUT2D eigenvalue weighted by Crippen LogP contribution is -2.36. The Morgan fingerprint density at radius 2 is 2.26 bits per heavy atom. The largest absolute Gasteiger partial charge is 0.459 e. The van der Waals surface area contributed by atoms with Crippen LogP contribution in [-0.4, -0.2) is 33.6 Å². The summed E-state index contributed by atoms with van der Waals surface area (Å²) in [5.74, 6) is 1.37. The summed E-state index contributed by atoms with van der Waals surface area (Å²) in [4.78, 5) is 15.1. The maximum absolute atomic E-state index is 9.80. The topological polar surface area (TPSA) is 123 Å². The fourth-order valence-corrected chi connectivity index (χ4v) is 6.42. The number of hydrogen-bond acceptors (Lipinski definition) is 9. The van der Waals surface area contributed by atoms with Gasteiger partial charge in [0.2, 0.25) is 5.89 Å². The Morgan fingerprint density at radius 1 is 1.41 bits per heavy atom. The minimum Gasteiger partial charge on any atom is -0.459 e. The predicted octanol–water partition coefficient (Wildman–Crippen LogP) is 4.37. The maximum atomic E-state index is 9.80. The molecule has 0 radical (unpaired) electrons. The first-order valence-electron chi connectivity index (χ1n) is 12.0. The summed E-state index contributed by atoms with van der Waals surface area (Å²) in [6.07, 6.45) is 7.36. The molecule has 5 rings (SSSR count). The molecule has 8 nitrogen and oxygen atoms in total. The molecular weight excluding hydrogens is 448 g/mol. The van der Waals surface area contributed by atoms with E-state index in [9.17, 15) is 5.26 Å². The number of aryl methyl sites for hydroxylation is 2. The molecule has 1 aliphatic carbocycles. The number of nitrogens with one attached hydrogen (secondary N) is 1. The van der Waals surface area contributed by atoms with Gasteiger partial charge in [0.15, 0.2) is 0 Å². The summed E-state index contributed by atoms with van der Waals surface area (Å²) in [7, 11) is 0. The fourth-order valence-electron chi connectivity index (χ4n) is 5.23. The zero-order valence-corrected chi connectivity index (χ0v) is 20.7. The van der Waals surface area contributed by atoms with Crippen LogP contribution in [0.25, 0.3) is 11.4 Å². The van der Waals surface area contributed by atoms with Crippen molar-refractivity contribution in [2.75, 3.05) is 12.3 Å². The predicted molar refractivity (Wildman–Crippen MR) is 131 cm³/mol. The Bertz CT molecular complexity index is 1240. The van der Waals surface area contributed by atoms with Gasteiger partial charge in [0.1, 0.15) is 28.6 Å². The van der Waals surface area contributed by atoms with Gasteiger partial charge in [-0.1, -0.05) is 6.92 Å². The lowest BCUT2D eigenvalue weighted by atomic mass is 9.72. The van der Waals surface area contributed by atoms with E-state index in [4.69, 9.17) is 19.9 Å². The molecule has 0 spiro atoms. The number of nitrogens with two attached hydrogens (primary N) is 1. The third-order valence-corrected chi connectivity index (χ3v) is 8.15. The van der Waals surface area contributed by atoms with Gasteiger partial charge in [0.25, 0.3) is 0 Å². The van der Waals surface area contributed by atoms with Crippen molar-refractivity contribution in [3.63, 3.8) is 0 Å². The Morgan fingerprint density at radius 3 is 3.00 bits per heavy atom. The van der Waals surface area contributed by atoms with Crippen molar-refractivity contribution in [1.82, 2.24) is 20.3 Å². The Kier molecular flexibility index (Phi) is 6.04. The molecule has 4 heterocycles. The normalized spacial score (nSPS) is 22.8. The molecule has 1 saturated heterocycles. The molecule has 3 N–H and O–H groups in total. The molecule has 178 valence electrons. The van der Waals surface area contributed by atoms with Gasteiger partial charge in [-0.15, -0.1) is 11.3 Å². The average molecular weight is 479 g/mol. The molecule has 3 atom stereocenters. The summed E-state index contributed by atoms with van der Waals surface area (Å²) in [5.41, 5.74) is 8.60. The van der Waals surface area contributed by atoms with Gasteiger partial charge in [-0.2, -0.15) is 10.2 Å². The third-order valence-electron chi connectivity index (χ3n) is 7.08. The first kappa shape index (κ1) is 22.8. The molecule has 2 aliphatic rings. The van der Waals surface area contributed by atoms with Crippen molar-refractivity contribution >= 4 is 16.3 Å². The fraction of sp³-hybridized carbons (Fsp3) is 0.520. The molecule has 3 aromatic rings. The standard InChI is InChI=1S/C25H30N6O2S/c1-4-18-21(17-9-12-29-24(30-17)32-14(2)16-7-6-11-28-16)31-23(33-18)25(3)10-5-8-19-20(25)15(13-26)22(27)34-19/h9,12,14,16,28H,4-8,10-11,27H2,1-3H3/t14-,16-,25-/m0/s1. The van der Waals surface area contributed by atoms with Crippen molar-refractivity contribution in [2.45, 2.75) is 76.9 Å². The molecule has 0 bridgehead atoms. The molecule has 34 heavy (non-hydrogen) atoms. The Hall–Kier alpha value is -2.96. The quantitative estimate of drug-likeness (QED) is 0.535. The van der Waals surface area contributed by atoms with Crippen LogP contribution in [0.1, 0.15) is 74.1 Å². The molecule has 0 amide bonds. The van der Waals surface area contributed by atoms with Crippen molar-refractivity contribution in [2.24, 2.45) is 0 Å². The van der Waals surface area contributed by atoms with E-state index in [-0.39, 0.29) is 6.10 Å². The van der Waals surface area contributed by atoms with E-state index in [1.807, 2.05) is 19.9 Å². The van der Waals surface area contributed by atoms with Gasteiger partial charge in [0.05, 0.1) is 16.7 Å². The lowest BCUT2D eigenvalue weighted by Gasteiger charge is -2.31. The van der Waals surface area contributed by atoms with E-state index in [1.165, 1.54) is 11.3 Å². The highest BCUT2D eigenvalue weighted by atomic mass is 32.1. The molecule has 0 unspecified atom stereocenters. The number of nitriles is 1. The van der Waals surface area contributed by atoms with E-state index in [0.717, 1.165) is 54.8 Å². The van der Waals surface area contributed by atoms with Gasteiger partial charge in [-0.05, 0) is 58.6 Å². The first-order chi connectivity index (χ1) is 16.4. The van der Waals surface area contributed by atoms with E-state index in [0.29, 0.717) is 46.3 Å². The lowest BCUT2D eigenvalue weighted by molar-refractivity contribution is 0.165. The minimum atomic E-state index is -0.510. The second-order valence-electron chi connectivity index (χ2n) is 9.33. The van der Waals surface area contributed by atoms with Crippen molar-refractivity contribution in [3.8, 4) is 23.5 Å². The second kappa shape index (κ2) is 9.01. The maximum Gasteiger partial charge on any atom is 0.317 e. The van der Waals surface area contributed by atoms with Gasteiger partial charge < -0.3 is 20.2 Å². The monoisotopic (exact) mass is 478 g/mol. The van der Waals surface area contributed by atoms with Crippen molar-refractivity contribution in [1.29, 1.82) is 5.26 Å². The van der Waals surface area contributed by atoms with Crippen molar-refractivity contribution in [3.05, 3.63) is 39.9 Å². The summed E-state index contributed by atoms with van der Waals surface area (Å²) >= 11 is 1.51. The number of rotatable bonds is 6. The summed E-state index contributed by atoms with van der Waals surface area (Å²) in [6.45, 7) is 7.21. The molecular formula is C25H30N6O2S. The van der Waals surface area contributed by atoms with Gasteiger partial charge >= 0.3 is 6.01 Å². The van der Waals surface area contributed by atoms with E-state index >= 15 is 0 Å². The number of fused-ring (bicyclic) bond motifs is 1. The zero-order chi connectivity index (χ0) is 23.9. The van der Waals surface area contributed by atoms with Crippen LogP contribution in [0.2, 0.25) is 0 Å². The minimum absolute atomic E-state index is 0.0238. The second-order valence-corrected chi connectivity index (χ2v) is 10.5. The number of thiophene rings is 1.